The van der Waals surface area contributed by atoms with Crippen molar-refractivity contribution in [3.63, 3.8) is 0 Å². The molecule has 0 aromatic rings. The summed E-state index contributed by atoms with van der Waals surface area (Å²) >= 11 is 0. The molecule has 1 aliphatic carbocycles. The van der Waals surface area contributed by atoms with Crippen molar-refractivity contribution in [3.8, 4) is 0 Å². The average Bonchev–Trinajstić information content (AvgIpc) is 2.05. The lowest BCUT2D eigenvalue weighted by Crippen LogP contribution is -2.15. The highest BCUT2D eigenvalue weighted by Gasteiger charge is 2.17. The summed E-state index contributed by atoms with van der Waals surface area (Å²) in [6.07, 6.45) is 7.75. The smallest absolute Gasteiger partial charge is 0.0317 e. The molecule has 0 radical (unpaired) electrons. The second kappa shape index (κ2) is 4.26. The van der Waals surface area contributed by atoms with Crippen molar-refractivity contribution in [1.29, 1.82) is 0 Å². The highest BCUT2D eigenvalue weighted by Crippen LogP contribution is 2.29. The van der Waals surface area contributed by atoms with E-state index in [0.29, 0.717) is 0 Å². The summed E-state index contributed by atoms with van der Waals surface area (Å²) in [6.45, 7) is 4.62. The van der Waals surface area contributed by atoms with Gasteiger partial charge in [0.15, 0.2) is 0 Å². The predicted octanol–water partition coefficient (Wildman–Crippen LogP) is 3.24. The van der Waals surface area contributed by atoms with Gasteiger partial charge in [-0.3, -0.25) is 0 Å². The molecule has 0 saturated carbocycles. The van der Waals surface area contributed by atoms with Gasteiger partial charge in [0.25, 0.3) is 0 Å². The summed E-state index contributed by atoms with van der Waals surface area (Å²) in [4.78, 5) is 0. The third-order valence-electron chi connectivity index (χ3n) is 2.86. The van der Waals surface area contributed by atoms with E-state index in [-0.39, 0.29) is 0 Å². The van der Waals surface area contributed by atoms with Gasteiger partial charge in [0.2, 0.25) is 0 Å². The van der Waals surface area contributed by atoms with Crippen molar-refractivity contribution < 1.29 is 0 Å². The maximum absolute atomic E-state index is 2.85. The van der Waals surface area contributed by atoms with Gasteiger partial charge in [-0.05, 0) is 44.2 Å². The third-order valence-corrected chi connectivity index (χ3v) is 3.60. The summed E-state index contributed by atoms with van der Waals surface area (Å²) in [6, 6.07) is 0. The van der Waals surface area contributed by atoms with Crippen LogP contribution in [0.5, 0.6) is 0 Å². The second-order valence-corrected chi connectivity index (χ2v) is 4.27. The molecular weight excluding hydrogens is 151 g/mol. The zero-order valence-corrected chi connectivity index (χ0v) is 8.79. The molecule has 0 spiro atoms. The van der Waals surface area contributed by atoms with Gasteiger partial charge >= 0.3 is 0 Å². The predicted molar refractivity (Wildman–Crippen MR) is 54.8 cm³/mol. The molecule has 0 heterocycles. The highest BCUT2D eigenvalue weighted by molar-refractivity contribution is 7.16. The Bertz CT molecular complexity index is 149. The SMILES string of the molecule is CC1=CC[C@@H]([C@@H](C)CP)CC1. The summed E-state index contributed by atoms with van der Waals surface area (Å²) in [7, 11) is 2.85. The Balaban J connectivity index is 2.40. The van der Waals surface area contributed by atoms with Gasteiger partial charge in [-0.15, -0.1) is 9.24 Å². The molecule has 1 unspecified atom stereocenters. The normalized spacial score (nSPS) is 27.9. The standard InChI is InChI=1S/C10H19P/c1-8-3-5-10(6-4-8)9(2)7-11/h3,9-10H,4-7,11H2,1-2H3/t9-,10+/m0/s1. The first kappa shape index (κ1) is 9.26. The fraction of sp³-hybridized carbons (Fsp3) is 0.800. The first-order valence-corrected chi connectivity index (χ1v) is 5.41. The average molecular weight is 170 g/mol. The minimum atomic E-state index is 0.893. The molecule has 0 aromatic heterocycles. The van der Waals surface area contributed by atoms with E-state index in [0.717, 1.165) is 11.8 Å². The monoisotopic (exact) mass is 170 g/mol. The Morgan fingerprint density at radius 3 is 2.91 bits per heavy atom. The van der Waals surface area contributed by atoms with E-state index in [4.69, 9.17) is 0 Å². The van der Waals surface area contributed by atoms with Gasteiger partial charge in [-0.1, -0.05) is 18.6 Å². The highest BCUT2D eigenvalue weighted by atomic mass is 31.0. The van der Waals surface area contributed by atoms with Crippen LogP contribution in [-0.2, 0) is 0 Å². The molecule has 3 atom stereocenters. The molecule has 1 heteroatoms. The second-order valence-electron chi connectivity index (χ2n) is 3.80. The van der Waals surface area contributed by atoms with Gasteiger partial charge in [-0.25, -0.2) is 0 Å². The molecule has 0 aliphatic heterocycles. The van der Waals surface area contributed by atoms with Gasteiger partial charge in [0.05, 0.1) is 0 Å². The van der Waals surface area contributed by atoms with Crippen molar-refractivity contribution in [2.75, 3.05) is 6.16 Å². The van der Waals surface area contributed by atoms with E-state index in [1.807, 2.05) is 0 Å². The minimum absolute atomic E-state index is 0.893. The quantitative estimate of drug-likeness (QED) is 0.441. The fourth-order valence-electron chi connectivity index (χ4n) is 1.69. The van der Waals surface area contributed by atoms with Gasteiger partial charge < -0.3 is 0 Å². The maximum atomic E-state index is 2.85. The summed E-state index contributed by atoms with van der Waals surface area (Å²) < 4.78 is 0. The number of rotatable bonds is 2. The summed E-state index contributed by atoms with van der Waals surface area (Å²) in [5, 5.41) is 0. The molecule has 0 bridgehead atoms. The molecule has 0 amide bonds. The van der Waals surface area contributed by atoms with Crippen LogP contribution in [-0.4, -0.2) is 6.16 Å². The van der Waals surface area contributed by atoms with Crippen LogP contribution in [0.2, 0.25) is 0 Å². The molecule has 0 saturated heterocycles. The number of hydrogen-bond acceptors (Lipinski definition) is 0. The van der Waals surface area contributed by atoms with E-state index in [1.54, 1.807) is 5.57 Å². The van der Waals surface area contributed by atoms with Crippen molar-refractivity contribution in [2.45, 2.75) is 33.1 Å². The Labute approximate surface area is 72.7 Å². The lowest BCUT2D eigenvalue weighted by atomic mass is 9.83. The lowest BCUT2D eigenvalue weighted by Gasteiger charge is -2.25. The van der Waals surface area contributed by atoms with E-state index in [9.17, 15) is 0 Å². The fourth-order valence-corrected chi connectivity index (χ4v) is 2.08. The lowest BCUT2D eigenvalue weighted by molar-refractivity contribution is 0.355. The molecule has 1 rings (SSSR count). The van der Waals surface area contributed by atoms with Crippen LogP contribution in [0.4, 0.5) is 0 Å². The molecule has 0 nitrogen and oxygen atoms in total. The van der Waals surface area contributed by atoms with E-state index >= 15 is 0 Å². The topological polar surface area (TPSA) is 0 Å². The van der Waals surface area contributed by atoms with Crippen molar-refractivity contribution >= 4 is 9.24 Å². The number of hydrogen-bond donors (Lipinski definition) is 0. The van der Waals surface area contributed by atoms with Gasteiger partial charge in [0.1, 0.15) is 0 Å². The molecular formula is C10H19P. The van der Waals surface area contributed by atoms with E-state index in [1.165, 1.54) is 25.4 Å². The first-order valence-electron chi connectivity index (χ1n) is 4.59. The first-order chi connectivity index (χ1) is 5.24. The van der Waals surface area contributed by atoms with Crippen LogP contribution in [0.25, 0.3) is 0 Å². The van der Waals surface area contributed by atoms with Crippen LogP contribution in [0.1, 0.15) is 33.1 Å². The van der Waals surface area contributed by atoms with Crippen LogP contribution in [0, 0.1) is 11.8 Å². The zero-order valence-electron chi connectivity index (χ0n) is 7.64. The molecule has 0 aromatic carbocycles. The zero-order chi connectivity index (χ0) is 8.27. The molecule has 0 N–H and O–H groups in total. The minimum Gasteiger partial charge on any atom is -0.137 e. The maximum Gasteiger partial charge on any atom is -0.0317 e. The number of allylic oxidation sites excluding steroid dienone is 2. The largest absolute Gasteiger partial charge is 0.137 e. The third kappa shape index (κ3) is 2.60. The summed E-state index contributed by atoms with van der Waals surface area (Å²) in [5.74, 6) is 1.85. The van der Waals surface area contributed by atoms with Gasteiger partial charge in [-0.2, -0.15) is 0 Å². The van der Waals surface area contributed by atoms with E-state index in [2.05, 4.69) is 29.2 Å². The van der Waals surface area contributed by atoms with Crippen LogP contribution < -0.4 is 0 Å². The Hall–Kier alpha value is 0.170. The Morgan fingerprint density at radius 1 is 1.73 bits per heavy atom. The molecule has 11 heavy (non-hydrogen) atoms. The molecule has 64 valence electrons. The van der Waals surface area contributed by atoms with Gasteiger partial charge in [0, 0.05) is 0 Å². The van der Waals surface area contributed by atoms with Crippen molar-refractivity contribution in [2.24, 2.45) is 11.8 Å². The Morgan fingerprint density at radius 2 is 2.45 bits per heavy atom. The Kier molecular flexibility index (Phi) is 3.59. The van der Waals surface area contributed by atoms with Crippen LogP contribution in [0.3, 0.4) is 0 Å². The summed E-state index contributed by atoms with van der Waals surface area (Å²) in [5.41, 5.74) is 1.59. The van der Waals surface area contributed by atoms with Crippen molar-refractivity contribution in [3.05, 3.63) is 11.6 Å². The van der Waals surface area contributed by atoms with E-state index < -0.39 is 0 Å². The van der Waals surface area contributed by atoms with Crippen LogP contribution >= 0.6 is 9.24 Å². The van der Waals surface area contributed by atoms with Crippen molar-refractivity contribution in [1.82, 2.24) is 0 Å². The molecule has 1 aliphatic rings. The molecule has 0 fully saturated rings. The van der Waals surface area contributed by atoms with Crippen LogP contribution in [0.15, 0.2) is 11.6 Å².